The lowest BCUT2D eigenvalue weighted by Crippen LogP contribution is -2.29. The van der Waals surface area contributed by atoms with E-state index in [0.29, 0.717) is 6.54 Å². The SMILES string of the molecule is O=C(CNc1ccncc1)NCc1ccccc1. The Morgan fingerprint density at radius 1 is 1.06 bits per heavy atom. The summed E-state index contributed by atoms with van der Waals surface area (Å²) >= 11 is 0. The third kappa shape index (κ3) is 3.90. The Morgan fingerprint density at radius 3 is 2.50 bits per heavy atom. The number of nitrogens with zero attached hydrogens (tertiary/aromatic N) is 1. The molecule has 0 unspecified atom stereocenters. The molecule has 0 spiro atoms. The van der Waals surface area contributed by atoms with Crippen LogP contribution in [-0.4, -0.2) is 17.4 Å². The third-order valence-electron chi connectivity index (χ3n) is 2.47. The quantitative estimate of drug-likeness (QED) is 0.839. The highest BCUT2D eigenvalue weighted by molar-refractivity contribution is 5.80. The molecule has 0 saturated heterocycles. The van der Waals surface area contributed by atoms with Crippen LogP contribution in [0.1, 0.15) is 5.56 Å². The highest BCUT2D eigenvalue weighted by atomic mass is 16.1. The lowest BCUT2D eigenvalue weighted by molar-refractivity contribution is -0.119. The van der Waals surface area contributed by atoms with Crippen LogP contribution >= 0.6 is 0 Å². The number of carbonyl (C=O) groups excluding carboxylic acids is 1. The first-order valence-electron chi connectivity index (χ1n) is 5.79. The van der Waals surface area contributed by atoms with Crippen LogP contribution in [0.4, 0.5) is 5.69 Å². The number of amides is 1. The highest BCUT2D eigenvalue weighted by Gasteiger charge is 2.00. The Kier molecular flexibility index (Phi) is 4.30. The van der Waals surface area contributed by atoms with Crippen molar-refractivity contribution in [3.05, 3.63) is 60.4 Å². The van der Waals surface area contributed by atoms with Gasteiger partial charge in [-0.1, -0.05) is 30.3 Å². The van der Waals surface area contributed by atoms with E-state index in [1.165, 1.54) is 0 Å². The maximum absolute atomic E-state index is 11.6. The fraction of sp³-hybridized carbons (Fsp3) is 0.143. The Balaban J connectivity index is 1.73. The van der Waals surface area contributed by atoms with E-state index in [-0.39, 0.29) is 12.5 Å². The van der Waals surface area contributed by atoms with E-state index < -0.39 is 0 Å². The summed E-state index contributed by atoms with van der Waals surface area (Å²) in [4.78, 5) is 15.5. The van der Waals surface area contributed by atoms with Gasteiger partial charge in [0.25, 0.3) is 0 Å². The van der Waals surface area contributed by atoms with Gasteiger partial charge >= 0.3 is 0 Å². The lowest BCUT2D eigenvalue weighted by Gasteiger charge is -2.07. The first-order valence-corrected chi connectivity index (χ1v) is 5.79. The summed E-state index contributed by atoms with van der Waals surface area (Å²) < 4.78 is 0. The minimum Gasteiger partial charge on any atom is -0.376 e. The van der Waals surface area contributed by atoms with Crippen LogP contribution < -0.4 is 10.6 Å². The number of hydrogen-bond acceptors (Lipinski definition) is 3. The average Bonchev–Trinajstić information content (AvgIpc) is 2.45. The molecular weight excluding hydrogens is 226 g/mol. The molecule has 0 aliphatic heterocycles. The molecule has 0 fully saturated rings. The summed E-state index contributed by atoms with van der Waals surface area (Å²) in [5.74, 6) is -0.0318. The van der Waals surface area contributed by atoms with E-state index in [4.69, 9.17) is 0 Å². The van der Waals surface area contributed by atoms with Crippen molar-refractivity contribution in [3.63, 3.8) is 0 Å². The van der Waals surface area contributed by atoms with Gasteiger partial charge in [-0.2, -0.15) is 0 Å². The Morgan fingerprint density at radius 2 is 1.78 bits per heavy atom. The van der Waals surface area contributed by atoms with Gasteiger partial charge in [0.15, 0.2) is 0 Å². The van der Waals surface area contributed by atoms with Gasteiger partial charge < -0.3 is 10.6 Å². The third-order valence-corrected chi connectivity index (χ3v) is 2.47. The van der Waals surface area contributed by atoms with Gasteiger partial charge in [-0.25, -0.2) is 0 Å². The van der Waals surface area contributed by atoms with E-state index in [2.05, 4.69) is 15.6 Å². The molecule has 0 saturated carbocycles. The predicted octanol–water partition coefficient (Wildman–Crippen LogP) is 1.81. The number of nitrogens with one attached hydrogen (secondary N) is 2. The Hall–Kier alpha value is -2.36. The summed E-state index contributed by atoms with van der Waals surface area (Å²) in [5.41, 5.74) is 1.98. The molecule has 2 rings (SSSR count). The zero-order chi connectivity index (χ0) is 12.6. The van der Waals surface area contributed by atoms with Crippen LogP contribution in [0.5, 0.6) is 0 Å². The van der Waals surface area contributed by atoms with Crippen LogP contribution in [0.3, 0.4) is 0 Å². The van der Waals surface area contributed by atoms with Crippen molar-refractivity contribution in [3.8, 4) is 0 Å². The second-order valence-corrected chi connectivity index (χ2v) is 3.85. The molecule has 0 aliphatic carbocycles. The summed E-state index contributed by atoms with van der Waals surface area (Å²) in [5, 5.41) is 5.88. The van der Waals surface area contributed by atoms with Gasteiger partial charge in [-0.3, -0.25) is 9.78 Å². The summed E-state index contributed by atoms with van der Waals surface area (Å²) in [6, 6.07) is 13.5. The first kappa shape index (κ1) is 12.1. The fourth-order valence-electron chi connectivity index (χ4n) is 1.51. The summed E-state index contributed by atoms with van der Waals surface area (Å²) in [6.45, 7) is 0.814. The van der Waals surface area contributed by atoms with Gasteiger partial charge in [0.1, 0.15) is 0 Å². The fourth-order valence-corrected chi connectivity index (χ4v) is 1.51. The second kappa shape index (κ2) is 6.39. The molecule has 0 radical (unpaired) electrons. The van der Waals surface area contributed by atoms with Crippen LogP contribution in [0.15, 0.2) is 54.9 Å². The van der Waals surface area contributed by atoms with Crippen LogP contribution in [0, 0.1) is 0 Å². The van der Waals surface area contributed by atoms with Crippen molar-refractivity contribution in [2.75, 3.05) is 11.9 Å². The molecule has 1 aromatic carbocycles. The van der Waals surface area contributed by atoms with Gasteiger partial charge in [-0.05, 0) is 17.7 Å². The van der Waals surface area contributed by atoms with Crippen molar-refractivity contribution in [2.45, 2.75) is 6.54 Å². The predicted molar refractivity (Wildman–Crippen MR) is 71.0 cm³/mol. The Labute approximate surface area is 106 Å². The molecular formula is C14H15N3O. The molecule has 2 aromatic rings. The van der Waals surface area contributed by atoms with Crippen molar-refractivity contribution in [1.29, 1.82) is 0 Å². The number of hydrogen-bond donors (Lipinski definition) is 2. The molecule has 4 heteroatoms. The molecule has 1 aromatic heterocycles. The molecule has 0 bridgehead atoms. The number of rotatable bonds is 5. The molecule has 2 N–H and O–H groups in total. The average molecular weight is 241 g/mol. The molecule has 0 aliphatic rings. The number of aromatic nitrogens is 1. The minimum atomic E-state index is -0.0318. The first-order chi connectivity index (χ1) is 8.84. The zero-order valence-electron chi connectivity index (χ0n) is 9.97. The molecule has 4 nitrogen and oxygen atoms in total. The number of pyridine rings is 1. The normalized spacial score (nSPS) is 9.78. The zero-order valence-corrected chi connectivity index (χ0v) is 9.97. The lowest BCUT2D eigenvalue weighted by atomic mass is 10.2. The van der Waals surface area contributed by atoms with Crippen LogP contribution in [0.2, 0.25) is 0 Å². The number of carbonyl (C=O) groups is 1. The van der Waals surface area contributed by atoms with Crippen LogP contribution in [-0.2, 0) is 11.3 Å². The van der Waals surface area contributed by atoms with E-state index >= 15 is 0 Å². The van der Waals surface area contributed by atoms with Gasteiger partial charge in [0, 0.05) is 24.6 Å². The van der Waals surface area contributed by atoms with E-state index in [1.54, 1.807) is 12.4 Å². The largest absolute Gasteiger partial charge is 0.376 e. The maximum atomic E-state index is 11.6. The molecule has 1 heterocycles. The van der Waals surface area contributed by atoms with Gasteiger partial charge in [-0.15, -0.1) is 0 Å². The van der Waals surface area contributed by atoms with Gasteiger partial charge in [0.2, 0.25) is 5.91 Å². The van der Waals surface area contributed by atoms with Gasteiger partial charge in [0.05, 0.1) is 6.54 Å². The monoisotopic (exact) mass is 241 g/mol. The summed E-state index contributed by atoms with van der Waals surface area (Å²) in [7, 11) is 0. The van der Waals surface area contributed by atoms with Crippen LogP contribution in [0.25, 0.3) is 0 Å². The number of benzene rings is 1. The standard InChI is InChI=1S/C14H15N3O/c18-14(11-16-13-6-8-15-9-7-13)17-10-12-4-2-1-3-5-12/h1-9H,10-11H2,(H,15,16)(H,17,18). The highest BCUT2D eigenvalue weighted by Crippen LogP contribution is 2.02. The molecule has 1 amide bonds. The minimum absolute atomic E-state index is 0.0318. The van der Waals surface area contributed by atoms with Crippen molar-refractivity contribution >= 4 is 11.6 Å². The summed E-state index contributed by atoms with van der Waals surface area (Å²) in [6.07, 6.45) is 3.37. The van der Waals surface area contributed by atoms with Crippen molar-refractivity contribution in [1.82, 2.24) is 10.3 Å². The molecule has 0 atom stereocenters. The maximum Gasteiger partial charge on any atom is 0.239 e. The van der Waals surface area contributed by atoms with E-state index in [9.17, 15) is 4.79 Å². The topological polar surface area (TPSA) is 54.0 Å². The van der Waals surface area contributed by atoms with E-state index in [0.717, 1.165) is 11.3 Å². The molecule has 18 heavy (non-hydrogen) atoms. The van der Waals surface area contributed by atoms with E-state index in [1.807, 2.05) is 42.5 Å². The number of anilines is 1. The smallest absolute Gasteiger partial charge is 0.239 e. The Bertz CT molecular complexity index is 439. The second-order valence-electron chi connectivity index (χ2n) is 3.85. The van der Waals surface area contributed by atoms with Crippen molar-refractivity contribution < 1.29 is 4.79 Å². The van der Waals surface area contributed by atoms with Crippen molar-refractivity contribution in [2.24, 2.45) is 0 Å². The molecule has 92 valence electrons.